The first-order valence-electron chi connectivity index (χ1n) is 5.49. The summed E-state index contributed by atoms with van der Waals surface area (Å²) in [4.78, 5) is 18.1. The van der Waals surface area contributed by atoms with Crippen LogP contribution in [0.15, 0.2) is 42.9 Å². The van der Waals surface area contributed by atoms with Gasteiger partial charge in [-0.2, -0.15) is 0 Å². The lowest BCUT2D eigenvalue weighted by molar-refractivity contribution is -0.384. The van der Waals surface area contributed by atoms with Crippen LogP contribution in [0, 0.1) is 10.1 Å². The van der Waals surface area contributed by atoms with Crippen LogP contribution in [0.5, 0.6) is 0 Å². The molecular weight excluding hydrogens is 232 g/mol. The SMILES string of the molecule is O=[N+]([O-])c1ccc(CCNc2cnccn2)cc1. The molecule has 0 radical (unpaired) electrons. The minimum Gasteiger partial charge on any atom is -0.368 e. The number of benzene rings is 1. The molecule has 0 unspecified atom stereocenters. The van der Waals surface area contributed by atoms with Crippen LogP contribution in [-0.4, -0.2) is 21.4 Å². The van der Waals surface area contributed by atoms with Gasteiger partial charge in [-0.25, -0.2) is 4.98 Å². The number of aromatic nitrogens is 2. The Bertz CT molecular complexity index is 513. The van der Waals surface area contributed by atoms with Crippen molar-refractivity contribution in [2.45, 2.75) is 6.42 Å². The largest absolute Gasteiger partial charge is 0.368 e. The minimum atomic E-state index is -0.401. The van der Waals surface area contributed by atoms with E-state index in [0.717, 1.165) is 17.8 Å². The van der Waals surface area contributed by atoms with Crippen molar-refractivity contribution in [3.8, 4) is 0 Å². The van der Waals surface area contributed by atoms with Crippen LogP contribution in [0.4, 0.5) is 11.5 Å². The summed E-state index contributed by atoms with van der Waals surface area (Å²) in [5.41, 5.74) is 1.15. The number of nitro groups is 1. The minimum absolute atomic E-state index is 0.112. The van der Waals surface area contributed by atoms with Gasteiger partial charge in [0.05, 0.1) is 11.1 Å². The molecule has 0 bridgehead atoms. The lowest BCUT2D eigenvalue weighted by Gasteiger charge is -2.04. The highest BCUT2D eigenvalue weighted by Crippen LogP contribution is 2.12. The molecule has 0 amide bonds. The van der Waals surface area contributed by atoms with Crippen molar-refractivity contribution in [2.24, 2.45) is 0 Å². The molecule has 2 aromatic rings. The maximum Gasteiger partial charge on any atom is 0.269 e. The molecule has 1 heterocycles. The predicted molar refractivity (Wildman–Crippen MR) is 67.3 cm³/mol. The molecule has 18 heavy (non-hydrogen) atoms. The van der Waals surface area contributed by atoms with Gasteiger partial charge in [-0.15, -0.1) is 0 Å². The summed E-state index contributed by atoms with van der Waals surface area (Å²) >= 11 is 0. The Balaban J connectivity index is 1.85. The Morgan fingerprint density at radius 2 is 2.00 bits per heavy atom. The third-order valence-electron chi connectivity index (χ3n) is 2.43. The maximum atomic E-state index is 10.5. The van der Waals surface area contributed by atoms with E-state index < -0.39 is 4.92 Å². The number of rotatable bonds is 5. The zero-order valence-electron chi connectivity index (χ0n) is 9.61. The summed E-state index contributed by atoms with van der Waals surface area (Å²) in [5.74, 6) is 0.722. The van der Waals surface area contributed by atoms with Crippen LogP contribution in [0.3, 0.4) is 0 Å². The Morgan fingerprint density at radius 3 is 2.61 bits per heavy atom. The van der Waals surface area contributed by atoms with E-state index in [2.05, 4.69) is 15.3 Å². The van der Waals surface area contributed by atoms with E-state index in [0.29, 0.717) is 6.54 Å². The van der Waals surface area contributed by atoms with Gasteiger partial charge >= 0.3 is 0 Å². The van der Waals surface area contributed by atoms with Gasteiger partial charge in [0.25, 0.3) is 5.69 Å². The maximum absolute atomic E-state index is 10.5. The third kappa shape index (κ3) is 3.24. The van der Waals surface area contributed by atoms with Gasteiger partial charge in [0.2, 0.25) is 0 Å². The molecule has 0 saturated carbocycles. The van der Waals surface area contributed by atoms with Crippen molar-refractivity contribution in [3.63, 3.8) is 0 Å². The van der Waals surface area contributed by atoms with Crippen LogP contribution < -0.4 is 5.32 Å². The van der Waals surface area contributed by atoms with Crippen molar-refractivity contribution in [1.82, 2.24) is 9.97 Å². The van der Waals surface area contributed by atoms with Crippen molar-refractivity contribution in [2.75, 3.05) is 11.9 Å². The summed E-state index contributed by atoms with van der Waals surface area (Å²) in [7, 11) is 0. The summed E-state index contributed by atoms with van der Waals surface area (Å²) in [6, 6.07) is 6.54. The number of nitro benzene ring substituents is 1. The molecule has 2 rings (SSSR count). The lowest BCUT2D eigenvalue weighted by atomic mass is 10.1. The smallest absolute Gasteiger partial charge is 0.269 e. The highest BCUT2D eigenvalue weighted by molar-refractivity contribution is 5.34. The van der Waals surface area contributed by atoms with Crippen molar-refractivity contribution >= 4 is 11.5 Å². The number of nitrogens with zero attached hydrogens (tertiary/aromatic N) is 3. The normalized spacial score (nSPS) is 10.0. The van der Waals surface area contributed by atoms with Gasteiger partial charge in [-0.05, 0) is 12.0 Å². The van der Waals surface area contributed by atoms with Crippen LogP contribution in [0.25, 0.3) is 0 Å². The van der Waals surface area contributed by atoms with Gasteiger partial charge in [-0.3, -0.25) is 15.1 Å². The first kappa shape index (κ1) is 12.0. The molecule has 0 fully saturated rings. The molecular formula is C12H12N4O2. The first-order valence-corrected chi connectivity index (χ1v) is 5.49. The Labute approximate surface area is 104 Å². The van der Waals surface area contributed by atoms with Crippen molar-refractivity contribution in [3.05, 3.63) is 58.5 Å². The second-order valence-corrected chi connectivity index (χ2v) is 3.69. The van der Waals surface area contributed by atoms with Crippen LogP contribution in [0.1, 0.15) is 5.56 Å². The Morgan fingerprint density at radius 1 is 1.22 bits per heavy atom. The average Bonchev–Trinajstić information content (AvgIpc) is 2.40. The molecule has 0 atom stereocenters. The van der Waals surface area contributed by atoms with Crippen LogP contribution in [0.2, 0.25) is 0 Å². The van der Waals surface area contributed by atoms with Gasteiger partial charge < -0.3 is 5.32 Å². The zero-order chi connectivity index (χ0) is 12.8. The predicted octanol–water partition coefficient (Wildman–Crippen LogP) is 2.04. The summed E-state index contributed by atoms with van der Waals surface area (Å²) in [6.07, 6.45) is 5.65. The number of hydrogen-bond donors (Lipinski definition) is 1. The monoisotopic (exact) mass is 244 g/mol. The average molecular weight is 244 g/mol. The van der Waals surface area contributed by atoms with E-state index in [1.165, 1.54) is 12.1 Å². The second kappa shape index (κ2) is 5.72. The molecule has 0 saturated heterocycles. The Hall–Kier alpha value is -2.50. The number of hydrogen-bond acceptors (Lipinski definition) is 5. The second-order valence-electron chi connectivity index (χ2n) is 3.69. The first-order chi connectivity index (χ1) is 8.75. The van der Waals surface area contributed by atoms with E-state index in [1.54, 1.807) is 30.7 Å². The Kier molecular flexibility index (Phi) is 3.80. The van der Waals surface area contributed by atoms with E-state index in [-0.39, 0.29) is 5.69 Å². The number of anilines is 1. The molecule has 0 aliphatic heterocycles. The van der Waals surface area contributed by atoms with Crippen LogP contribution >= 0.6 is 0 Å². The lowest BCUT2D eigenvalue weighted by Crippen LogP contribution is -2.06. The van der Waals surface area contributed by atoms with Crippen molar-refractivity contribution < 1.29 is 4.92 Å². The fourth-order valence-electron chi connectivity index (χ4n) is 1.51. The van der Waals surface area contributed by atoms with E-state index in [4.69, 9.17) is 0 Å². The standard InChI is InChI=1S/C12H12N4O2/c17-16(18)11-3-1-10(2-4-11)5-6-14-12-9-13-7-8-15-12/h1-4,7-9H,5-6H2,(H,14,15). The molecule has 1 N–H and O–H groups in total. The molecule has 6 heteroatoms. The van der Waals surface area contributed by atoms with Crippen molar-refractivity contribution in [1.29, 1.82) is 0 Å². The molecule has 1 aromatic carbocycles. The summed E-state index contributed by atoms with van der Waals surface area (Å²) in [6.45, 7) is 0.705. The molecule has 92 valence electrons. The van der Waals surface area contributed by atoms with Gasteiger partial charge in [-0.1, -0.05) is 12.1 Å². The number of nitrogens with one attached hydrogen (secondary N) is 1. The topological polar surface area (TPSA) is 81.0 Å². The molecule has 0 spiro atoms. The summed E-state index contributed by atoms with van der Waals surface area (Å²) in [5, 5.41) is 13.6. The highest BCUT2D eigenvalue weighted by atomic mass is 16.6. The number of non-ortho nitro benzene ring substituents is 1. The molecule has 6 nitrogen and oxygen atoms in total. The third-order valence-corrected chi connectivity index (χ3v) is 2.43. The molecule has 0 aliphatic carbocycles. The fraction of sp³-hybridized carbons (Fsp3) is 0.167. The summed E-state index contributed by atoms with van der Waals surface area (Å²) < 4.78 is 0. The van der Waals surface area contributed by atoms with Gasteiger partial charge in [0.1, 0.15) is 5.82 Å². The van der Waals surface area contributed by atoms with Crippen LogP contribution in [-0.2, 0) is 6.42 Å². The van der Waals surface area contributed by atoms with E-state index in [9.17, 15) is 10.1 Å². The van der Waals surface area contributed by atoms with Gasteiger partial charge in [0, 0.05) is 31.1 Å². The fourth-order valence-corrected chi connectivity index (χ4v) is 1.51. The van der Waals surface area contributed by atoms with E-state index in [1.807, 2.05) is 0 Å². The molecule has 0 aliphatic rings. The zero-order valence-corrected chi connectivity index (χ0v) is 9.61. The quantitative estimate of drug-likeness (QED) is 0.643. The molecule has 1 aromatic heterocycles. The highest BCUT2D eigenvalue weighted by Gasteiger charge is 2.03. The van der Waals surface area contributed by atoms with E-state index >= 15 is 0 Å². The van der Waals surface area contributed by atoms with Gasteiger partial charge in [0.15, 0.2) is 0 Å².